The fraction of sp³-hybridized carbons (Fsp3) is 0.362. The van der Waals surface area contributed by atoms with Gasteiger partial charge in [-0.3, -0.25) is 57.5 Å². The number of ether oxygens (including phenoxy) is 2. The number of carbonyl (C=O) groups is 12. The number of rotatable bonds is 25. The summed E-state index contributed by atoms with van der Waals surface area (Å²) in [5.74, 6) is -12.2. The highest BCUT2D eigenvalue weighted by molar-refractivity contribution is 6.46. The lowest BCUT2D eigenvalue weighted by Gasteiger charge is -2.46. The summed E-state index contributed by atoms with van der Waals surface area (Å²) >= 11 is 12.1. The molecule has 38 nitrogen and oxygen atoms in total. The number of fused-ring (bicyclic) bond motifs is 6. The number of carbonyl (C=O) groups excluding carboxylic acids is 12. The van der Waals surface area contributed by atoms with E-state index in [1.54, 1.807) is 61.1 Å². The summed E-state index contributed by atoms with van der Waals surface area (Å²) in [6.07, 6.45) is 8.12. The Labute approximate surface area is 800 Å². The highest BCUT2D eigenvalue weighted by Crippen LogP contribution is 2.55. The van der Waals surface area contributed by atoms with Gasteiger partial charge in [0.15, 0.2) is 0 Å². The number of Topliss-reactive ketones (excluding diaryl/α,β-unsaturated/α-hetero) is 4. The van der Waals surface area contributed by atoms with Gasteiger partial charge in [0.1, 0.15) is 68.3 Å². The number of nitrogens with zero attached hydrogens (tertiary/aromatic N) is 12. The molecule has 726 valence electrons. The minimum atomic E-state index is -3.03. The second-order valence-corrected chi connectivity index (χ2v) is 37.2. The van der Waals surface area contributed by atoms with Crippen molar-refractivity contribution in [3.8, 4) is 0 Å². The van der Waals surface area contributed by atoms with Gasteiger partial charge in [-0.2, -0.15) is 61.6 Å². The van der Waals surface area contributed by atoms with Crippen molar-refractivity contribution in [2.45, 2.75) is 186 Å². The molecule has 6 aliphatic heterocycles. The third-order valence-electron chi connectivity index (χ3n) is 27.2. The first-order valence-electron chi connectivity index (χ1n) is 44.8. The van der Waals surface area contributed by atoms with E-state index in [4.69, 9.17) is 32.7 Å². The number of H-pyrrole nitrogens is 4. The lowest BCUT2D eigenvalue weighted by Crippen LogP contribution is -2.61. The molecule has 0 bridgehead atoms. The zero-order valence-electron chi connectivity index (χ0n) is 76.0. The van der Waals surface area contributed by atoms with Crippen molar-refractivity contribution in [2.75, 3.05) is 47.7 Å². The quantitative estimate of drug-likeness (QED) is 0.0144. The fourth-order valence-electron chi connectivity index (χ4n) is 19.7. The predicted molar refractivity (Wildman–Crippen MR) is 486 cm³/mol. The molecule has 46 heteroatoms. The number of hydrogen-bond donors (Lipinski definition) is 12. The van der Waals surface area contributed by atoms with E-state index in [0.717, 1.165) is 30.9 Å². The summed E-state index contributed by atoms with van der Waals surface area (Å²) in [6, 6.07) is 17.9. The second-order valence-electron chi connectivity index (χ2n) is 36.4. The Morgan fingerprint density at radius 2 is 0.814 bits per heavy atom. The van der Waals surface area contributed by atoms with Crippen molar-refractivity contribution in [1.82, 2.24) is 101 Å². The highest BCUT2D eigenvalue weighted by Gasteiger charge is 2.61. The first kappa shape index (κ1) is 95.4. The van der Waals surface area contributed by atoms with Crippen LogP contribution in [0.3, 0.4) is 0 Å². The van der Waals surface area contributed by atoms with E-state index in [1.807, 2.05) is 22.1 Å². The number of alkyl halides is 4. The van der Waals surface area contributed by atoms with Gasteiger partial charge >= 0.3 is 0 Å². The molecule has 2 saturated heterocycles. The van der Waals surface area contributed by atoms with Crippen molar-refractivity contribution in [3.05, 3.63) is 254 Å². The van der Waals surface area contributed by atoms with Crippen LogP contribution in [0.4, 0.5) is 49.1 Å². The third kappa shape index (κ3) is 17.7. The average Bonchev–Trinajstić information content (AvgIpc) is 1.55. The minimum Gasteiger partial charge on any atom is -0.376 e. The van der Waals surface area contributed by atoms with Crippen LogP contribution in [0, 0.1) is 66.0 Å². The topological polar surface area (TPSA) is 506 Å². The van der Waals surface area contributed by atoms with Crippen LogP contribution in [0.2, 0.25) is 10.0 Å². The number of benzene rings is 4. The molecule has 12 aromatic rings. The molecule has 5 fully saturated rings. The number of nitrogens with one attached hydrogen (secondary N) is 12. The van der Waals surface area contributed by atoms with Gasteiger partial charge in [0.05, 0.1) is 90.2 Å². The Morgan fingerprint density at radius 1 is 0.436 bits per heavy atom. The molecule has 140 heavy (non-hydrogen) atoms. The molecule has 2 atom stereocenters. The van der Waals surface area contributed by atoms with E-state index < -0.39 is 123 Å². The number of aromatic nitrogens is 16. The Balaban J connectivity index is 0.000000124. The molecule has 4 aromatic carbocycles. The molecule has 8 amide bonds. The number of aryl methyl sites for hydroxylation is 3. The van der Waals surface area contributed by atoms with Gasteiger partial charge in [0.2, 0.25) is 0 Å². The van der Waals surface area contributed by atoms with Gasteiger partial charge in [-0.25, -0.2) is 26.3 Å². The molecule has 0 unspecified atom stereocenters. The highest BCUT2D eigenvalue weighted by atomic mass is 35.5. The Hall–Kier alpha value is -14.9. The number of aromatic amines is 4. The van der Waals surface area contributed by atoms with Crippen LogP contribution < -0.4 is 42.5 Å². The maximum absolute atomic E-state index is 14.1. The summed E-state index contributed by atoms with van der Waals surface area (Å²) in [7, 11) is 0. The van der Waals surface area contributed by atoms with Crippen molar-refractivity contribution in [3.63, 3.8) is 0 Å². The van der Waals surface area contributed by atoms with Gasteiger partial charge in [0.25, 0.3) is 82.7 Å². The standard InChI is InChI=1S/C25H24F4N6O3.C24H23FN6O4.C23H23ClN6O4.C22H20ClFN6O3/c1-12-5-6-14(8-15(12)21(26)27)31-22(37)19-13(2)18(16-4-3-7-35(16)19)20(36)23(38)32-24(10-25(28,29)11-24)17-9-30-34-33-17;1-11-3-4-14(7-15(11)25)27-22(33)20-12(2)19(17-6-13-5-16(13)31(17)20)21(32)23(34)28-24(9-35-10-24)18-8-26-30-29-18;1-12-5-6-14(8-15(12)24)26-21(32)19-13(2)18(16-4-3-7-30(16)19)20(31)22(33)27-23(10-34-11-23)17-9-25-29-28-17;1-11-17(19(31)21(33)27-22(6-7-22)16-10-25-29-28-16)15-3-2-8-30(15)18(11)20(32)26-14-9-12(23)4-5-13(14)24/h5-6,8-9,21H,3-4,7,10-11H2,1-2H3,(H,31,37)(H,32,38)(H,30,33,34);3-4,7-8,13,16H,5-6,9-10H2,1-2H3,(H,27,33)(H,28,34)(H,26,29,30);5-6,8-9H,3-4,7,10-11H2,1-2H3,(H,26,32)(H,27,33)(H,25,28,29);4-5,9-10H,2-3,6-8H2,1H3,(H,26,32)(H,27,33)(H,25,28,29)/t;13-,16-;;/m.1../s1. The lowest BCUT2D eigenvalue weighted by molar-refractivity contribution is -0.148. The largest absolute Gasteiger partial charge is 0.376 e. The molecular formula is C94H90Cl2F6N24O14. The lowest BCUT2D eigenvalue weighted by atomic mass is 9.71. The van der Waals surface area contributed by atoms with Crippen LogP contribution in [0.5, 0.6) is 0 Å². The van der Waals surface area contributed by atoms with Gasteiger partial charge in [-0.15, -0.1) is 0 Å². The van der Waals surface area contributed by atoms with Gasteiger partial charge in [0, 0.05) is 94.0 Å². The number of anilines is 4. The van der Waals surface area contributed by atoms with Crippen LogP contribution in [0.1, 0.15) is 237 Å². The normalized spacial score (nSPS) is 17.5. The zero-order chi connectivity index (χ0) is 99.2. The average molecular weight is 1960 g/mol. The maximum Gasteiger partial charge on any atom is 0.293 e. The number of halogens is 8. The van der Waals surface area contributed by atoms with E-state index in [1.165, 1.54) is 75.0 Å². The first-order valence-corrected chi connectivity index (χ1v) is 45.5. The summed E-state index contributed by atoms with van der Waals surface area (Å²) in [5.41, 5.74) is 6.02. The van der Waals surface area contributed by atoms with Crippen LogP contribution >= 0.6 is 23.2 Å². The molecule has 14 heterocycles. The maximum atomic E-state index is 14.1. The predicted octanol–water partition coefficient (Wildman–Crippen LogP) is 11.1. The smallest absolute Gasteiger partial charge is 0.293 e. The summed E-state index contributed by atoms with van der Waals surface area (Å²) in [5, 5.41) is 63.1. The Morgan fingerprint density at radius 3 is 1.21 bits per heavy atom. The van der Waals surface area contributed by atoms with Crippen molar-refractivity contribution in [1.29, 1.82) is 0 Å². The fourth-order valence-corrected chi connectivity index (χ4v) is 20.1. The third-order valence-corrected chi connectivity index (χ3v) is 27.8. The zero-order valence-corrected chi connectivity index (χ0v) is 77.5. The molecule has 21 rings (SSSR count). The van der Waals surface area contributed by atoms with Crippen molar-refractivity contribution >= 4 is 116 Å². The summed E-state index contributed by atoms with van der Waals surface area (Å²) < 4.78 is 100. The van der Waals surface area contributed by atoms with E-state index in [-0.39, 0.29) is 105 Å². The molecule has 3 saturated carbocycles. The molecule has 9 aliphatic rings. The van der Waals surface area contributed by atoms with Crippen molar-refractivity contribution < 1.29 is 93.4 Å². The van der Waals surface area contributed by atoms with Gasteiger partial charge in [-0.05, 0) is 212 Å². The molecule has 0 radical (unpaired) electrons. The molecule has 0 spiro atoms. The number of amides is 8. The van der Waals surface area contributed by atoms with E-state index in [2.05, 4.69) is 104 Å². The Kier molecular flexibility index (Phi) is 25.3. The molecule has 3 aliphatic carbocycles. The summed E-state index contributed by atoms with van der Waals surface area (Å²) in [6.45, 7) is 13.8. The van der Waals surface area contributed by atoms with Crippen LogP contribution in [-0.4, -0.2) is 183 Å². The van der Waals surface area contributed by atoms with Crippen molar-refractivity contribution in [2.24, 2.45) is 5.92 Å². The van der Waals surface area contributed by atoms with E-state index in [0.29, 0.717) is 166 Å². The van der Waals surface area contributed by atoms with Crippen LogP contribution in [0.25, 0.3) is 0 Å². The Bertz CT molecular complexity index is 7110. The van der Waals surface area contributed by atoms with Crippen LogP contribution in [0.15, 0.2) is 97.6 Å². The summed E-state index contributed by atoms with van der Waals surface area (Å²) in [4.78, 5) is 158. The van der Waals surface area contributed by atoms with E-state index >= 15 is 0 Å². The molecule has 12 N–H and O–H groups in total. The van der Waals surface area contributed by atoms with Gasteiger partial charge in [-0.1, -0.05) is 41.4 Å². The number of hydrogen-bond acceptors (Lipinski definition) is 22. The second kappa shape index (κ2) is 37.1. The SMILES string of the molecule is Cc1c(C(=O)C(=O)NC2(c3cn[nH]n3)CC2)c2n(c1C(=O)Nc1cc(Cl)ccc1F)CCC2.Cc1ccc(NC(=O)c2c(C)c(C(=O)C(=O)NC3(c4cn[nH]n4)CC(F)(F)C3)c3n2CCC3)cc1C(F)F.Cc1ccc(NC(=O)c2c(C)c(C(=O)C(=O)NC3(c4cn[nH]n4)COC3)c3n2CCC3)cc1Cl.Cc1ccc(NC(=O)c2c(C)c(C(=O)C(=O)NC3(c4cn[nH]n4)COC3)c3n2[C@@H]2C[C@@H]2C3)cc1F. The minimum absolute atomic E-state index is 0.0312. The molecule has 8 aromatic heterocycles. The van der Waals surface area contributed by atoms with Crippen LogP contribution in [-0.2, 0) is 96.1 Å². The monoisotopic (exact) mass is 1960 g/mol. The number of ketones is 4. The van der Waals surface area contributed by atoms with Gasteiger partial charge < -0.3 is 70.3 Å². The molecular weight excluding hydrogens is 1870 g/mol. The van der Waals surface area contributed by atoms with E-state index in [9.17, 15) is 83.9 Å². The first-order chi connectivity index (χ1) is 66.8.